The molecule has 0 aliphatic heterocycles. The van der Waals surface area contributed by atoms with Crippen LogP contribution in [0.3, 0.4) is 0 Å². The highest BCUT2D eigenvalue weighted by molar-refractivity contribution is 6.30. The molecule has 0 radical (unpaired) electrons. The molecule has 2 aromatic carbocycles. The van der Waals surface area contributed by atoms with Crippen molar-refractivity contribution in [1.29, 1.82) is 0 Å². The summed E-state index contributed by atoms with van der Waals surface area (Å²) >= 11 is 5.84. The Labute approximate surface area is 124 Å². The summed E-state index contributed by atoms with van der Waals surface area (Å²) in [5.74, 6) is -0.478. The fourth-order valence-electron chi connectivity index (χ4n) is 2.26. The number of aliphatic hydroxyl groups excluding tert-OH is 1. The van der Waals surface area contributed by atoms with Gasteiger partial charge in [-0.05, 0) is 24.1 Å². The number of Topliss-reactive ketones (excluding diaryl/α,β-unsaturated/α-hetero) is 1. The number of carbonyl (C=O) groups is 1. The van der Waals surface area contributed by atoms with Crippen LogP contribution in [0, 0.1) is 5.92 Å². The standard InChI is InChI=1S/C17H17ClO2/c1-2-15(16(19)12-6-4-3-5-7-12)17(20)13-8-10-14(18)11-9-13/h3-11,15,17,20H,2H2,1H3/t15-,17+/m0/s1. The molecule has 20 heavy (non-hydrogen) atoms. The molecule has 2 atom stereocenters. The third kappa shape index (κ3) is 3.27. The van der Waals surface area contributed by atoms with Crippen molar-refractivity contribution in [3.8, 4) is 0 Å². The van der Waals surface area contributed by atoms with Crippen molar-refractivity contribution in [3.63, 3.8) is 0 Å². The first-order chi connectivity index (χ1) is 9.63. The van der Waals surface area contributed by atoms with Crippen LogP contribution in [0.1, 0.15) is 35.4 Å². The normalized spacial score (nSPS) is 13.8. The van der Waals surface area contributed by atoms with E-state index in [-0.39, 0.29) is 5.78 Å². The van der Waals surface area contributed by atoms with E-state index in [2.05, 4.69) is 0 Å². The number of rotatable bonds is 5. The number of hydrogen-bond donors (Lipinski definition) is 1. The highest BCUT2D eigenvalue weighted by atomic mass is 35.5. The number of carbonyl (C=O) groups excluding carboxylic acids is 1. The molecular weight excluding hydrogens is 272 g/mol. The molecular formula is C17H17ClO2. The summed E-state index contributed by atoms with van der Waals surface area (Å²) < 4.78 is 0. The van der Waals surface area contributed by atoms with Gasteiger partial charge in [0.05, 0.1) is 12.0 Å². The van der Waals surface area contributed by atoms with Gasteiger partial charge in [0.2, 0.25) is 0 Å². The van der Waals surface area contributed by atoms with E-state index in [1.54, 1.807) is 36.4 Å². The number of aliphatic hydroxyl groups is 1. The number of ketones is 1. The van der Waals surface area contributed by atoms with E-state index in [0.717, 1.165) is 0 Å². The van der Waals surface area contributed by atoms with Crippen LogP contribution in [-0.2, 0) is 0 Å². The molecule has 0 fully saturated rings. The van der Waals surface area contributed by atoms with Crippen LogP contribution in [-0.4, -0.2) is 10.9 Å². The van der Waals surface area contributed by atoms with Crippen molar-refractivity contribution in [2.75, 3.05) is 0 Å². The second kappa shape index (κ2) is 6.69. The summed E-state index contributed by atoms with van der Waals surface area (Å²) in [5.41, 5.74) is 1.35. The second-order valence-electron chi connectivity index (χ2n) is 4.74. The molecule has 2 nitrogen and oxygen atoms in total. The molecule has 2 aromatic rings. The average Bonchev–Trinajstić information content (AvgIpc) is 2.49. The maximum absolute atomic E-state index is 12.5. The predicted molar refractivity (Wildman–Crippen MR) is 81.0 cm³/mol. The van der Waals surface area contributed by atoms with Gasteiger partial charge in [0.25, 0.3) is 0 Å². The first-order valence-electron chi connectivity index (χ1n) is 6.66. The molecule has 0 aliphatic rings. The minimum absolute atomic E-state index is 0.0319. The second-order valence-corrected chi connectivity index (χ2v) is 5.18. The highest BCUT2D eigenvalue weighted by Crippen LogP contribution is 2.28. The first kappa shape index (κ1) is 14.8. The van der Waals surface area contributed by atoms with E-state index in [1.165, 1.54) is 0 Å². The zero-order valence-corrected chi connectivity index (χ0v) is 12.0. The van der Waals surface area contributed by atoms with E-state index >= 15 is 0 Å². The largest absolute Gasteiger partial charge is 0.388 e. The number of benzene rings is 2. The van der Waals surface area contributed by atoms with Crippen molar-refractivity contribution < 1.29 is 9.90 Å². The smallest absolute Gasteiger partial charge is 0.168 e. The third-order valence-corrected chi connectivity index (χ3v) is 3.68. The highest BCUT2D eigenvalue weighted by Gasteiger charge is 2.27. The van der Waals surface area contributed by atoms with Crippen LogP contribution in [0.4, 0.5) is 0 Å². The zero-order valence-electron chi connectivity index (χ0n) is 11.3. The van der Waals surface area contributed by atoms with Gasteiger partial charge < -0.3 is 5.11 Å². The molecule has 1 N–H and O–H groups in total. The maximum Gasteiger partial charge on any atom is 0.168 e. The van der Waals surface area contributed by atoms with Crippen LogP contribution in [0.15, 0.2) is 54.6 Å². The number of halogens is 1. The topological polar surface area (TPSA) is 37.3 Å². The quantitative estimate of drug-likeness (QED) is 0.834. The molecule has 0 aliphatic carbocycles. The monoisotopic (exact) mass is 288 g/mol. The molecule has 0 aromatic heterocycles. The lowest BCUT2D eigenvalue weighted by Gasteiger charge is -2.21. The van der Waals surface area contributed by atoms with Crippen LogP contribution in [0.25, 0.3) is 0 Å². The summed E-state index contributed by atoms with van der Waals surface area (Å²) in [6, 6.07) is 16.0. The van der Waals surface area contributed by atoms with Crippen molar-refractivity contribution in [1.82, 2.24) is 0 Å². The van der Waals surface area contributed by atoms with E-state index in [4.69, 9.17) is 11.6 Å². The molecule has 0 saturated heterocycles. The Morgan fingerprint density at radius 1 is 1.10 bits per heavy atom. The molecule has 0 unspecified atom stereocenters. The molecule has 0 saturated carbocycles. The third-order valence-electron chi connectivity index (χ3n) is 3.43. The summed E-state index contributed by atoms with van der Waals surface area (Å²) in [4.78, 5) is 12.5. The van der Waals surface area contributed by atoms with Gasteiger partial charge in [-0.25, -0.2) is 0 Å². The minimum Gasteiger partial charge on any atom is -0.388 e. The average molecular weight is 289 g/mol. The number of hydrogen-bond acceptors (Lipinski definition) is 2. The van der Waals surface area contributed by atoms with Gasteiger partial charge in [0.15, 0.2) is 5.78 Å². The molecule has 0 heterocycles. The summed E-state index contributed by atoms with van der Waals surface area (Å²) in [6.07, 6.45) is -0.234. The lowest BCUT2D eigenvalue weighted by atomic mass is 9.87. The van der Waals surface area contributed by atoms with Crippen molar-refractivity contribution >= 4 is 17.4 Å². The molecule has 0 amide bonds. The Morgan fingerprint density at radius 3 is 2.25 bits per heavy atom. The van der Waals surface area contributed by atoms with E-state index in [0.29, 0.717) is 22.6 Å². The fraction of sp³-hybridized carbons (Fsp3) is 0.235. The summed E-state index contributed by atoms with van der Waals surface area (Å²) in [5, 5.41) is 11.1. The lowest BCUT2D eigenvalue weighted by molar-refractivity contribution is 0.0667. The van der Waals surface area contributed by atoms with Crippen molar-refractivity contribution in [3.05, 3.63) is 70.7 Å². The minimum atomic E-state index is -0.815. The Morgan fingerprint density at radius 2 is 1.70 bits per heavy atom. The summed E-state index contributed by atoms with van der Waals surface area (Å²) in [7, 11) is 0. The molecule has 0 bridgehead atoms. The SMILES string of the molecule is CC[C@@H](C(=O)c1ccccc1)[C@H](O)c1ccc(Cl)cc1. The Kier molecular flexibility index (Phi) is 4.94. The van der Waals surface area contributed by atoms with Gasteiger partial charge in [-0.1, -0.05) is 61.0 Å². The van der Waals surface area contributed by atoms with Gasteiger partial charge in [0, 0.05) is 10.6 Å². The van der Waals surface area contributed by atoms with Gasteiger partial charge >= 0.3 is 0 Å². The summed E-state index contributed by atoms with van der Waals surface area (Å²) in [6.45, 7) is 1.91. The van der Waals surface area contributed by atoms with Crippen molar-refractivity contribution in [2.24, 2.45) is 5.92 Å². The zero-order chi connectivity index (χ0) is 14.5. The Hall–Kier alpha value is -1.64. The van der Waals surface area contributed by atoms with Crippen molar-refractivity contribution in [2.45, 2.75) is 19.4 Å². The van der Waals surface area contributed by atoms with Crippen LogP contribution >= 0.6 is 11.6 Å². The van der Waals surface area contributed by atoms with Gasteiger partial charge in [-0.3, -0.25) is 4.79 Å². The van der Waals surface area contributed by atoms with E-state index < -0.39 is 12.0 Å². The van der Waals surface area contributed by atoms with Crippen LogP contribution < -0.4 is 0 Å². The molecule has 0 spiro atoms. The molecule has 3 heteroatoms. The van der Waals surface area contributed by atoms with E-state index in [9.17, 15) is 9.90 Å². The van der Waals surface area contributed by atoms with Gasteiger partial charge in [0.1, 0.15) is 0 Å². The van der Waals surface area contributed by atoms with E-state index in [1.807, 2.05) is 25.1 Å². The Bertz CT molecular complexity index is 563. The maximum atomic E-state index is 12.5. The lowest BCUT2D eigenvalue weighted by Crippen LogP contribution is -2.22. The Balaban J connectivity index is 2.23. The molecule has 2 rings (SSSR count). The van der Waals surface area contributed by atoms with Gasteiger partial charge in [-0.15, -0.1) is 0 Å². The van der Waals surface area contributed by atoms with Crippen LogP contribution in [0.5, 0.6) is 0 Å². The predicted octanol–water partition coefficient (Wildman–Crippen LogP) is 4.28. The van der Waals surface area contributed by atoms with Gasteiger partial charge in [-0.2, -0.15) is 0 Å². The molecule has 104 valence electrons. The first-order valence-corrected chi connectivity index (χ1v) is 7.04. The fourth-order valence-corrected chi connectivity index (χ4v) is 2.39. The van der Waals surface area contributed by atoms with Crippen LogP contribution in [0.2, 0.25) is 5.02 Å².